The smallest absolute Gasteiger partial charge is 0.337 e. The summed E-state index contributed by atoms with van der Waals surface area (Å²) in [5.74, 6) is -0.993. The first-order valence-corrected chi connectivity index (χ1v) is 3.30. The molecule has 2 rings (SSSR count). The maximum Gasteiger partial charge on any atom is 0.337 e. The third-order valence-electron chi connectivity index (χ3n) is 1.52. The summed E-state index contributed by atoms with van der Waals surface area (Å²) in [7, 11) is 0. The number of H-pyrrole nitrogens is 1. The molecule has 0 amide bonds. The van der Waals surface area contributed by atoms with Crippen LogP contribution >= 0.6 is 0 Å². The molecule has 60 valence electrons. The van der Waals surface area contributed by atoms with Gasteiger partial charge >= 0.3 is 5.97 Å². The maximum absolute atomic E-state index is 10.5. The van der Waals surface area contributed by atoms with E-state index < -0.39 is 5.97 Å². The number of hydrogen-bond donors (Lipinski definition) is 2. The molecule has 0 saturated heterocycles. The van der Waals surface area contributed by atoms with Crippen LogP contribution in [-0.4, -0.2) is 26.0 Å². The van der Waals surface area contributed by atoms with E-state index in [-0.39, 0.29) is 5.56 Å². The minimum absolute atomic E-state index is 0.148. The van der Waals surface area contributed by atoms with Crippen molar-refractivity contribution >= 4 is 17.1 Å². The Morgan fingerprint density at radius 3 is 3.08 bits per heavy atom. The maximum atomic E-state index is 10.5. The highest BCUT2D eigenvalue weighted by molar-refractivity contribution is 5.90. The van der Waals surface area contributed by atoms with Gasteiger partial charge in [0.15, 0.2) is 5.65 Å². The first-order chi connectivity index (χ1) is 5.77. The van der Waals surface area contributed by atoms with Crippen molar-refractivity contribution in [1.29, 1.82) is 0 Å². The van der Waals surface area contributed by atoms with Gasteiger partial charge in [0.2, 0.25) is 0 Å². The van der Waals surface area contributed by atoms with E-state index in [1.165, 1.54) is 18.6 Å². The fraction of sp³-hybridized carbons (Fsp3) is 0. The Hall–Kier alpha value is -1.91. The van der Waals surface area contributed by atoms with Crippen LogP contribution in [0.1, 0.15) is 10.4 Å². The lowest BCUT2D eigenvalue weighted by Crippen LogP contribution is -1.96. The first-order valence-electron chi connectivity index (χ1n) is 3.30. The molecule has 0 atom stereocenters. The van der Waals surface area contributed by atoms with Gasteiger partial charge < -0.3 is 10.1 Å². The summed E-state index contributed by atoms with van der Waals surface area (Å²) in [6.45, 7) is 0. The summed E-state index contributed by atoms with van der Waals surface area (Å²) < 4.78 is 0. The van der Waals surface area contributed by atoms with Crippen LogP contribution in [0.5, 0.6) is 0 Å². The average Bonchev–Trinajstić information content (AvgIpc) is 2.49. The molecule has 0 radical (unpaired) electrons. The van der Waals surface area contributed by atoms with E-state index in [1.807, 2.05) is 0 Å². The van der Waals surface area contributed by atoms with Crippen LogP contribution < -0.4 is 0 Å². The molecule has 0 aliphatic rings. The molecule has 0 unspecified atom stereocenters. The molecule has 5 nitrogen and oxygen atoms in total. The minimum Gasteiger partial charge on any atom is -0.478 e. The highest BCUT2D eigenvalue weighted by Crippen LogP contribution is 2.07. The molecule has 0 fully saturated rings. The average molecular weight is 163 g/mol. The topological polar surface area (TPSA) is 78.9 Å². The van der Waals surface area contributed by atoms with Gasteiger partial charge in [0.05, 0.1) is 11.9 Å². The van der Waals surface area contributed by atoms with E-state index in [0.29, 0.717) is 11.2 Å². The summed E-state index contributed by atoms with van der Waals surface area (Å²) in [6.07, 6.45) is 2.77. The summed E-state index contributed by atoms with van der Waals surface area (Å²) in [6, 6.07) is 1.47. The van der Waals surface area contributed by atoms with Crippen molar-refractivity contribution < 1.29 is 9.90 Å². The van der Waals surface area contributed by atoms with Gasteiger partial charge in [-0.05, 0) is 6.07 Å². The predicted molar refractivity (Wildman–Crippen MR) is 40.8 cm³/mol. The lowest BCUT2D eigenvalue weighted by molar-refractivity contribution is 0.0696. The molecular formula is C7H5N3O2. The van der Waals surface area contributed by atoms with E-state index in [0.717, 1.165) is 0 Å². The van der Waals surface area contributed by atoms with Gasteiger partial charge in [0, 0.05) is 6.20 Å². The molecule has 0 bridgehead atoms. The molecule has 0 aliphatic carbocycles. The lowest BCUT2D eigenvalue weighted by atomic mass is 10.3. The zero-order valence-corrected chi connectivity index (χ0v) is 5.98. The Morgan fingerprint density at radius 1 is 1.50 bits per heavy atom. The summed E-state index contributed by atoms with van der Waals surface area (Å²) >= 11 is 0. The Labute approximate surface area is 67.1 Å². The first kappa shape index (κ1) is 6.78. The quantitative estimate of drug-likeness (QED) is 0.647. The third-order valence-corrected chi connectivity index (χ3v) is 1.52. The molecule has 0 saturated carbocycles. The van der Waals surface area contributed by atoms with Crippen molar-refractivity contribution in [3.8, 4) is 0 Å². The summed E-state index contributed by atoms with van der Waals surface area (Å²) in [4.78, 5) is 21.0. The summed E-state index contributed by atoms with van der Waals surface area (Å²) in [5.41, 5.74) is 1.31. The highest BCUT2D eigenvalue weighted by Gasteiger charge is 2.04. The van der Waals surface area contributed by atoms with E-state index >= 15 is 0 Å². The standard InChI is InChI=1S/C7H5N3O2/c11-7(12)4-1-5-6(8-2-4)10-3-9-5/h1-3H,(H,11,12)(H,8,9,10). The molecule has 2 aromatic heterocycles. The number of aromatic amines is 1. The fourth-order valence-corrected chi connectivity index (χ4v) is 0.943. The molecule has 2 aromatic rings. The van der Waals surface area contributed by atoms with Crippen molar-refractivity contribution in [1.82, 2.24) is 15.0 Å². The fourth-order valence-electron chi connectivity index (χ4n) is 0.943. The predicted octanol–water partition coefficient (Wildman–Crippen LogP) is 0.656. The normalized spacial score (nSPS) is 10.3. The number of carbonyl (C=O) groups is 1. The van der Waals surface area contributed by atoms with Gasteiger partial charge in [-0.15, -0.1) is 0 Å². The van der Waals surface area contributed by atoms with Crippen LogP contribution in [0.4, 0.5) is 0 Å². The van der Waals surface area contributed by atoms with Gasteiger partial charge in [0.1, 0.15) is 5.52 Å². The Balaban J connectivity index is 2.68. The molecule has 0 spiro atoms. The Morgan fingerprint density at radius 2 is 2.33 bits per heavy atom. The zero-order valence-electron chi connectivity index (χ0n) is 5.98. The largest absolute Gasteiger partial charge is 0.478 e. The molecule has 2 heterocycles. The molecule has 0 aliphatic heterocycles. The van der Waals surface area contributed by atoms with Crippen LogP contribution in [0.2, 0.25) is 0 Å². The van der Waals surface area contributed by atoms with E-state index in [1.54, 1.807) is 0 Å². The van der Waals surface area contributed by atoms with Crippen molar-refractivity contribution in [2.45, 2.75) is 0 Å². The molecule has 2 N–H and O–H groups in total. The van der Waals surface area contributed by atoms with Gasteiger partial charge in [-0.3, -0.25) is 0 Å². The molecule has 5 heteroatoms. The number of aromatic carboxylic acids is 1. The number of hydrogen-bond acceptors (Lipinski definition) is 3. The number of fused-ring (bicyclic) bond motifs is 1. The number of imidazole rings is 1. The van der Waals surface area contributed by atoms with Gasteiger partial charge in [-0.2, -0.15) is 0 Å². The Kier molecular flexibility index (Phi) is 1.30. The second kappa shape index (κ2) is 2.30. The van der Waals surface area contributed by atoms with Crippen molar-refractivity contribution in [3.63, 3.8) is 0 Å². The lowest BCUT2D eigenvalue weighted by Gasteiger charge is -1.91. The Bertz CT molecular complexity index is 435. The minimum atomic E-state index is -0.993. The van der Waals surface area contributed by atoms with Gasteiger partial charge in [0.25, 0.3) is 0 Å². The van der Waals surface area contributed by atoms with Crippen LogP contribution in [0.25, 0.3) is 11.2 Å². The second-order valence-corrected chi connectivity index (χ2v) is 2.30. The summed E-state index contributed by atoms with van der Waals surface area (Å²) in [5, 5.41) is 8.60. The SMILES string of the molecule is O=C(O)c1cnc2[nH]cnc2c1. The number of carboxylic acids is 1. The molecule has 0 aromatic carbocycles. The van der Waals surface area contributed by atoms with Crippen LogP contribution in [0.3, 0.4) is 0 Å². The van der Waals surface area contributed by atoms with Crippen LogP contribution in [0.15, 0.2) is 18.6 Å². The van der Waals surface area contributed by atoms with Gasteiger partial charge in [-0.1, -0.05) is 0 Å². The van der Waals surface area contributed by atoms with Crippen molar-refractivity contribution in [2.75, 3.05) is 0 Å². The monoisotopic (exact) mass is 163 g/mol. The number of nitrogens with zero attached hydrogens (tertiary/aromatic N) is 2. The molecule has 12 heavy (non-hydrogen) atoms. The van der Waals surface area contributed by atoms with E-state index in [9.17, 15) is 4.79 Å². The van der Waals surface area contributed by atoms with Crippen molar-refractivity contribution in [2.24, 2.45) is 0 Å². The number of nitrogens with one attached hydrogen (secondary N) is 1. The van der Waals surface area contributed by atoms with Gasteiger partial charge in [-0.25, -0.2) is 14.8 Å². The number of aromatic nitrogens is 3. The van der Waals surface area contributed by atoms with E-state index in [4.69, 9.17) is 5.11 Å². The number of pyridine rings is 1. The highest BCUT2D eigenvalue weighted by atomic mass is 16.4. The third kappa shape index (κ3) is 0.914. The zero-order chi connectivity index (χ0) is 8.55. The van der Waals surface area contributed by atoms with E-state index in [2.05, 4.69) is 15.0 Å². The molecular weight excluding hydrogens is 158 g/mol. The second-order valence-electron chi connectivity index (χ2n) is 2.30. The van der Waals surface area contributed by atoms with Crippen LogP contribution in [-0.2, 0) is 0 Å². The van der Waals surface area contributed by atoms with Crippen LogP contribution in [0, 0.1) is 0 Å². The number of rotatable bonds is 1. The van der Waals surface area contributed by atoms with Crippen molar-refractivity contribution in [3.05, 3.63) is 24.2 Å². The number of carboxylic acid groups (broad SMARTS) is 1.